The first kappa shape index (κ1) is 16.4. The van der Waals surface area contributed by atoms with E-state index in [4.69, 9.17) is 4.52 Å². The molecule has 1 aromatic heterocycles. The van der Waals surface area contributed by atoms with E-state index in [9.17, 15) is 4.39 Å². The molecule has 0 aliphatic rings. The van der Waals surface area contributed by atoms with Gasteiger partial charge in [-0.05, 0) is 44.2 Å². The Balaban J connectivity index is 1.96. The predicted octanol–water partition coefficient (Wildman–Crippen LogP) is 4.65. The van der Waals surface area contributed by atoms with Crippen LogP contribution >= 0.6 is 0 Å². The minimum absolute atomic E-state index is 0.0282. The van der Waals surface area contributed by atoms with Gasteiger partial charge in [-0.3, -0.25) is 4.90 Å². The summed E-state index contributed by atoms with van der Waals surface area (Å²) < 4.78 is 18.6. The average Bonchev–Trinajstić information content (AvgIpc) is 2.90. The molecule has 4 heteroatoms. The number of halogens is 1. The summed E-state index contributed by atoms with van der Waals surface area (Å²) in [5.41, 5.74) is 4.22. The molecular weight excluding hydrogens is 303 g/mol. The van der Waals surface area contributed by atoms with Crippen LogP contribution in [0.5, 0.6) is 0 Å². The maximum atomic E-state index is 13.3. The molecule has 0 spiro atoms. The summed E-state index contributed by atoms with van der Waals surface area (Å²) in [6.45, 7) is 4.59. The molecule has 0 radical (unpaired) electrons. The van der Waals surface area contributed by atoms with Crippen molar-refractivity contribution in [3.63, 3.8) is 0 Å². The molecule has 2 aromatic carbocycles. The normalized spacial score (nSPS) is 12.5. The zero-order valence-electron chi connectivity index (χ0n) is 14.2. The van der Waals surface area contributed by atoms with Gasteiger partial charge in [0.05, 0.1) is 11.7 Å². The number of hydrogen-bond acceptors (Lipinski definition) is 3. The highest BCUT2D eigenvalue weighted by Crippen LogP contribution is 2.30. The monoisotopic (exact) mass is 324 g/mol. The third-order valence-electron chi connectivity index (χ3n) is 4.33. The van der Waals surface area contributed by atoms with Crippen LogP contribution in [0.3, 0.4) is 0 Å². The van der Waals surface area contributed by atoms with Gasteiger partial charge in [0.1, 0.15) is 11.6 Å². The highest BCUT2D eigenvalue weighted by Gasteiger charge is 2.22. The fraction of sp³-hybridized carbons (Fsp3) is 0.250. The van der Waals surface area contributed by atoms with E-state index < -0.39 is 0 Å². The van der Waals surface area contributed by atoms with E-state index in [1.165, 1.54) is 17.7 Å². The molecule has 1 atom stereocenters. The summed E-state index contributed by atoms with van der Waals surface area (Å²) in [6.07, 6.45) is 0. The van der Waals surface area contributed by atoms with Crippen molar-refractivity contribution >= 4 is 0 Å². The lowest BCUT2D eigenvalue weighted by atomic mass is 9.97. The van der Waals surface area contributed by atoms with Crippen molar-refractivity contribution in [3.8, 4) is 0 Å². The van der Waals surface area contributed by atoms with E-state index in [1.54, 1.807) is 0 Å². The second-order valence-corrected chi connectivity index (χ2v) is 6.08. The Morgan fingerprint density at radius 3 is 2.21 bits per heavy atom. The number of hydrogen-bond donors (Lipinski definition) is 0. The average molecular weight is 324 g/mol. The van der Waals surface area contributed by atoms with Crippen molar-refractivity contribution in [1.82, 2.24) is 10.1 Å². The number of aryl methyl sites for hydroxylation is 2. The summed E-state index contributed by atoms with van der Waals surface area (Å²) in [5, 5.41) is 4.03. The minimum Gasteiger partial charge on any atom is -0.361 e. The summed E-state index contributed by atoms with van der Waals surface area (Å²) in [5.74, 6) is 0.615. The lowest BCUT2D eigenvalue weighted by Crippen LogP contribution is -2.25. The summed E-state index contributed by atoms with van der Waals surface area (Å²) in [4.78, 5) is 2.23. The van der Waals surface area contributed by atoms with Crippen molar-refractivity contribution in [2.24, 2.45) is 0 Å². The van der Waals surface area contributed by atoms with Crippen LogP contribution in [0.1, 0.15) is 34.2 Å². The van der Waals surface area contributed by atoms with Crippen LogP contribution in [0, 0.1) is 19.7 Å². The Morgan fingerprint density at radius 1 is 1.00 bits per heavy atom. The van der Waals surface area contributed by atoms with Crippen LogP contribution in [-0.4, -0.2) is 17.1 Å². The molecule has 0 saturated heterocycles. The van der Waals surface area contributed by atoms with Gasteiger partial charge in [0, 0.05) is 12.1 Å². The Labute approximate surface area is 141 Å². The van der Waals surface area contributed by atoms with Crippen LogP contribution in [0.25, 0.3) is 0 Å². The highest BCUT2D eigenvalue weighted by molar-refractivity contribution is 5.32. The van der Waals surface area contributed by atoms with Crippen molar-refractivity contribution in [2.75, 3.05) is 7.05 Å². The van der Waals surface area contributed by atoms with Gasteiger partial charge in [0.15, 0.2) is 0 Å². The predicted molar refractivity (Wildman–Crippen MR) is 92.1 cm³/mol. The SMILES string of the molecule is Cc1noc(C)c1CN(C)C(c1ccccc1)c1ccc(F)cc1. The third-order valence-corrected chi connectivity index (χ3v) is 4.33. The maximum absolute atomic E-state index is 13.3. The van der Waals surface area contributed by atoms with Gasteiger partial charge in [-0.2, -0.15) is 0 Å². The topological polar surface area (TPSA) is 29.3 Å². The van der Waals surface area contributed by atoms with E-state index in [1.807, 2.05) is 44.2 Å². The summed E-state index contributed by atoms with van der Waals surface area (Å²) in [7, 11) is 2.06. The molecule has 0 aliphatic carbocycles. The fourth-order valence-electron chi connectivity index (χ4n) is 3.05. The lowest BCUT2D eigenvalue weighted by molar-refractivity contribution is 0.268. The first-order valence-corrected chi connectivity index (χ1v) is 7.98. The standard InChI is InChI=1S/C20H21FN2O/c1-14-19(15(2)24-22-14)13-23(3)20(16-7-5-4-6-8-16)17-9-11-18(21)12-10-17/h4-12,20H,13H2,1-3H3. The van der Waals surface area contributed by atoms with E-state index >= 15 is 0 Å². The molecule has 1 heterocycles. The Bertz CT molecular complexity index is 777. The molecule has 1 unspecified atom stereocenters. The van der Waals surface area contributed by atoms with Crippen molar-refractivity contribution in [1.29, 1.82) is 0 Å². The first-order valence-electron chi connectivity index (χ1n) is 7.98. The van der Waals surface area contributed by atoms with E-state index in [2.05, 4.69) is 29.2 Å². The zero-order valence-corrected chi connectivity index (χ0v) is 14.2. The molecule has 124 valence electrons. The molecule has 0 amide bonds. The van der Waals surface area contributed by atoms with Gasteiger partial charge in [0.25, 0.3) is 0 Å². The van der Waals surface area contributed by atoms with Gasteiger partial charge >= 0.3 is 0 Å². The van der Waals surface area contributed by atoms with Crippen LogP contribution in [0.4, 0.5) is 4.39 Å². The molecule has 0 aliphatic heterocycles. The van der Waals surface area contributed by atoms with Crippen molar-refractivity contribution in [2.45, 2.75) is 26.4 Å². The minimum atomic E-state index is -0.223. The molecule has 0 N–H and O–H groups in total. The van der Waals surface area contributed by atoms with Crippen molar-refractivity contribution < 1.29 is 8.91 Å². The second-order valence-electron chi connectivity index (χ2n) is 6.08. The van der Waals surface area contributed by atoms with Crippen LogP contribution < -0.4 is 0 Å². The quantitative estimate of drug-likeness (QED) is 0.684. The van der Waals surface area contributed by atoms with Gasteiger partial charge in [0.2, 0.25) is 0 Å². The lowest BCUT2D eigenvalue weighted by Gasteiger charge is -2.29. The van der Waals surface area contributed by atoms with Crippen LogP contribution in [0.15, 0.2) is 59.1 Å². The highest BCUT2D eigenvalue weighted by atomic mass is 19.1. The molecular formula is C20H21FN2O. The zero-order chi connectivity index (χ0) is 17.1. The van der Waals surface area contributed by atoms with Gasteiger partial charge in [-0.15, -0.1) is 0 Å². The second kappa shape index (κ2) is 6.97. The maximum Gasteiger partial charge on any atom is 0.138 e. The van der Waals surface area contributed by atoms with E-state index in [-0.39, 0.29) is 11.9 Å². The van der Waals surface area contributed by atoms with Crippen LogP contribution in [-0.2, 0) is 6.54 Å². The summed E-state index contributed by atoms with van der Waals surface area (Å²) in [6, 6.07) is 17.0. The van der Waals surface area contributed by atoms with E-state index in [0.29, 0.717) is 6.54 Å². The number of nitrogens with zero attached hydrogens (tertiary/aromatic N) is 2. The third kappa shape index (κ3) is 3.39. The fourth-order valence-corrected chi connectivity index (χ4v) is 3.05. The van der Waals surface area contributed by atoms with Gasteiger partial charge < -0.3 is 4.52 Å². The molecule has 3 rings (SSSR count). The van der Waals surface area contributed by atoms with E-state index in [0.717, 1.165) is 22.6 Å². The molecule has 24 heavy (non-hydrogen) atoms. The number of rotatable bonds is 5. The van der Waals surface area contributed by atoms with Crippen LogP contribution in [0.2, 0.25) is 0 Å². The number of benzene rings is 2. The van der Waals surface area contributed by atoms with Gasteiger partial charge in [-0.25, -0.2) is 4.39 Å². The van der Waals surface area contributed by atoms with Gasteiger partial charge in [-0.1, -0.05) is 47.6 Å². The largest absolute Gasteiger partial charge is 0.361 e. The molecule has 3 aromatic rings. The van der Waals surface area contributed by atoms with Crippen molar-refractivity contribution in [3.05, 3.63) is 88.6 Å². The number of aromatic nitrogens is 1. The smallest absolute Gasteiger partial charge is 0.138 e. The summed E-state index contributed by atoms with van der Waals surface area (Å²) >= 11 is 0. The Morgan fingerprint density at radius 2 is 1.62 bits per heavy atom. The first-order chi connectivity index (χ1) is 11.6. The molecule has 0 fully saturated rings. The Kier molecular flexibility index (Phi) is 4.76. The Hall–Kier alpha value is -2.46. The molecule has 3 nitrogen and oxygen atoms in total. The molecule has 0 saturated carbocycles. The molecule has 0 bridgehead atoms.